The molecular formula is C30H42ClIN4O4S2. The predicted molar refractivity (Wildman–Crippen MR) is 183 cm³/mol. The first-order valence-corrected chi connectivity index (χ1v) is 17.3. The van der Waals surface area contributed by atoms with Crippen LogP contribution in [-0.4, -0.2) is 52.8 Å². The molecule has 0 spiro atoms. The minimum Gasteiger partial charge on any atom is -0.491 e. The molecule has 1 aliphatic heterocycles. The van der Waals surface area contributed by atoms with E-state index in [2.05, 4.69) is 61.5 Å². The summed E-state index contributed by atoms with van der Waals surface area (Å²) in [5.41, 5.74) is 4.44. The number of fused-ring (bicyclic) bond motifs is 3. The first kappa shape index (κ1) is 35.3. The van der Waals surface area contributed by atoms with Crippen molar-refractivity contribution in [2.45, 2.75) is 73.3 Å². The second-order valence-electron chi connectivity index (χ2n) is 10.3. The third-order valence-electron chi connectivity index (χ3n) is 6.88. The summed E-state index contributed by atoms with van der Waals surface area (Å²) < 4.78 is 23.4. The Hall–Kier alpha value is -1.22. The van der Waals surface area contributed by atoms with Crippen LogP contribution in [0.25, 0.3) is 5.00 Å². The summed E-state index contributed by atoms with van der Waals surface area (Å²) in [5.74, 6) is 4.10. The second kappa shape index (κ2) is 18.6. The van der Waals surface area contributed by atoms with Crippen molar-refractivity contribution in [1.82, 2.24) is 14.8 Å². The lowest BCUT2D eigenvalue weighted by molar-refractivity contribution is 0.0918. The summed E-state index contributed by atoms with van der Waals surface area (Å²) in [4.78, 5) is 6.36. The number of aryl methyl sites for hydroxylation is 2. The summed E-state index contributed by atoms with van der Waals surface area (Å²) in [6, 6.07) is 8.02. The topological polar surface area (TPSA) is 80.0 Å². The van der Waals surface area contributed by atoms with Crippen LogP contribution in [0.2, 0.25) is 0 Å². The van der Waals surface area contributed by atoms with Gasteiger partial charge in [0.1, 0.15) is 52.2 Å². The maximum absolute atomic E-state index is 5.85. The molecule has 2 aromatic heterocycles. The van der Waals surface area contributed by atoms with Crippen LogP contribution in [0.4, 0.5) is 0 Å². The Morgan fingerprint density at radius 2 is 1.83 bits per heavy atom. The van der Waals surface area contributed by atoms with Crippen LogP contribution in [0.1, 0.15) is 85.7 Å². The van der Waals surface area contributed by atoms with Gasteiger partial charge in [0.05, 0.1) is 18.9 Å². The van der Waals surface area contributed by atoms with Crippen LogP contribution in [0.3, 0.4) is 0 Å². The normalized spacial score (nSPS) is 14.8. The van der Waals surface area contributed by atoms with Crippen molar-refractivity contribution in [1.29, 1.82) is 0 Å². The van der Waals surface area contributed by atoms with Gasteiger partial charge in [0.25, 0.3) is 0 Å². The maximum Gasteiger partial charge on any atom is 0.169 e. The second-order valence-corrected chi connectivity index (χ2v) is 13.3. The van der Waals surface area contributed by atoms with Crippen molar-refractivity contribution in [2.75, 3.05) is 32.3 Å². The van der Waals surface area contributed by atoms with E-state index < -0.39 is 0 Å². The maximum atomic E-state index is 5.85. The minimum absolute atomic E-state index is 0.0957. The number of rotatable bonds is 15. The third-order valence-corrected chi connectivity index (χ3v) is 9.36. The van der Waals surface area contributed by atoms with Crippen molar-refractivity contribution < 1.29 is 16.2 Å². The highest BCUT2D eigenvalue weighted by molar-refractivity contribution is 14.1. The first-order chi connectivity index (χ1) is 20.3. The van der Waals surface area contributed by atoms with E-state index in [1.807, 2.05) is 19.1 Å². The molecule has 1 aliphatic rings. The Morgan fingerprint density at radius 1 is 1.07 bits per heavy atom. The average molecular weight is 749 g/mol. The van der Waals surface area contributed by atoms with Crippen LogP contribution in [0, 0.1) is 26.7 Å². The minimum atomic E-state index is -0.0957. The molecule has 0 fully saturated rings. The zero-order valence-corrected chi connectivity index (χ0v) is 29.9. The van der Waals surface area contributed by atoms with Gasteiger partial charge in [0.2, 0.25) is 0 Å². The Balaban J connectivity index is 0.000000531. The summed E-state index contributed by atoms with van der Waals surface area (Å²) in [6.45, 7) is 15.0. The lowest BCUT2D eigenvalue weighted by Gasteiger charge is -2.11. The van der Waals surface area contributed by atoms with E-state index in [1.165, 1.54) is 29.7 Å². The van der Waals surface area contributed by atoms with Gasteiger partial charge in [-0.2, -0.15) is 0 Å². The highest BCUT2D eigenvalue weighted by Crippen LogP contribution is 2.38. The van der Waals surface area contributed by atoms with Gasteiger partial charge >= 0.3 is 0 Å². The van der Waals surface area contributed by atoms with Crippen LogP contribution in [0.5, 0.6) is 5.75 Å². The molecular weight excluding hydrogens is 707 g/mol. The summed E-state index contributed by atoms with van der Waals surface area (Å²) in [6.07, 6.45) is 4.72. The van der Waals surface area contributed by atoms with E-state index in [0.717, 1.165) is 69.8 Å². The Bertz CT molecular complexity index is 1270. The molecule has 42 heavy (non-hydrogen) atoms. The van der Waals surface area contributed by atoms with Gasteiger partial charge < -0.3 is 9.47 Å². The molecule has 4 rings (SSSR count). The van der Waals surface area contributed by atoms with Gasteiger partial charge in [0.15, 0.2) is 18.1 Å². The number of ether oxygens (including phenoxy) is 2. The summed E-state index contributed by atoms with van der Waals surface area (Å²) in [7, 11) is 0. The molecule has 12 heteroatoms. The van der Waals surface area contributed by atoms with Gasteiger partial charge in [0, 0.05) is 28.5 Å². The van der Waals surface area contributed by atoms with Gasteiger partial charge in [-0.05, 0) is 76.3 Å². The van der Waals surface area contributed by atoms with E-state index in [-0.39, 0.29) is 6.04 Å². The van der Waals surface area contributed by atoms with Crippen molar-refractivity contribution in [3.8, 4) is 10.8 Å². The zero-order chi connectivity index (χ0) is 30.5. The van der Waals surface area contributed by atoms with Crippen molar-refractivity contribution >= 4 is 64.0 Å². The molecule has 3 heterocycles. The van der Waals surface area contributed by atoms with Crippen molar-refractivity contribution in [3.05, 3.63) is 57.5 Å². The van der Waals surface area contributed by atoms with Gasteiger partial charge in [-0.1, -0.05) is 26.7 Å². The number of nitrogens with zero attached hydrogens (tertiary/aromatic N) is 4. The number of hydrogen-bond acceptors (Lipinski definition) is 9. The molecule has 0 N–H and O–H groups in total. The quantitative estimate of drug-likeness (QED) is 0.0665. The molecule has 8 nitrogen and oxygen atoms in total. The third kappa shape index (κ3) is 9.90. The number of halogens is 2. The zero-order valence-electron chi connectivity index (χ0n) is 25.3. The summed E-state index contributed by atoms with van der Waals surface area (Å²) >= 11 is 10.1. The Labute approximate surface area is 278 Å². The molecule has 3 aromatic rings. The van der Waals surface area contributed by atoms with Crippen LogP contribution in [-0.2, 0) is 11.4 Å². The number of thiophene rings is 1. The smallest absolute Gasteiger partial charge is 0.169 e. The fourth-order valence-electron chi connectivity index (χ4n) is 4.41. The lowest BCUT2D eigenvalue weighted by Crippen LogP contribution is -2.09. The molecule has 2 unspecified atom stereocenters. The summed E-state index contributed by atoms with van der Waals surface area (Å²) in [5, 5.41) is 9.87. The molecule has 0 bridgehead atoms. The number of hydrogen-bond donors (Lipinski definition) is 0. The first-order valence-electron chi connectivity index (χ1n) is 14.4. The number of benzene rings is 1. The highest BCUT2D eigenvalue weighted by Gasteiger charge is 2.29. The van der Waals surface area contributed by atoms with E-state index in [9.17, 15) is 0 Å². The molecule has 0 saturated carbocycles. The van der Waals surface area contributed by atoms with Crippen LogP contribution < -0.4 is 4.74 Å². The molecule has 0 amide bonds. The number of alkyl halides is 1. The van der Waals surface area contributed by atoms with Gasteiger partial charge in [-0.25, -0.2) is 2.51 Å². The molecule has 232 valence electrons. The molecule has 1 aromatic carbocycles. The monoisotopic (exact) mass is 748 g/mol. The van der Waals surface area contributed by atoms with E-state index in [0.29, 0.717) is 26.4 Å². The van der Waals surface area contributed by atoms with Gasteiger partial charge in [-0.15, -0.1) is 33.1 Å². The van der Waals surface area contributed by atoms with Crippen LogP contribution in [0.15, 0.2) is 29.3 Å². The fourth-order valence-corrected chi connectivity index (χ4v) is 6.31. The predicted octanol–water partition coefficient (Wildman–Crippen LogP) is 8.95. The highest BCUT2D eigenvalue weighted by atomic mass is 127. The number of aliphatic imine (C=N–C) groups is 1. The largest absolute Gasteiger partial charge is 0.491 e. The molecule has 2 atom stereocenters. The standard InChI is InChI=1S/C23H27IN4O4S2.C7H15Cl/c1-14-16(3)33-23-20(14)21(25-15(2)22-27-26-17(4)28(22)23)18-6-8-19(9-7-18)30-13-12-29-10-5-11-31-34-32-24;1-3-4-5-7(2)6-8/h6-9,15H,5,10-13H2,1-4H3;7H,3-6H2,1-2H3. The molecule has 0 aliphatic carbocycles. The van der Waals surface area contributed by atoms with E-state index >= 15 is 0 Å². The average Bonchev–Trinajstić information content (AvgIpc) is 3.48. The van der Waals surface area contributed by atoms with E-state index in [1.54, 1.807) is 34.3 Å². The van der Waals surface area contributed by atoms with Crippen molar-refractivity contribution in [3.63, 3.8) is 0 Å². The molecule has 0 radical (unpaired) electrons. The van der Waals surface area contributed by atoms with Gasteiger partial charge in [-0.3, -0.25) is 13.7 Å². The molecule has 0 saturated heterocycles. The van der Waals surface area contributed by atoms with Crippen LogP contribution >= 0.6 is 58.3 Å². The Morgan fingerprint density at radius 3 is 2.52 bits per heavy atom. The fraction of sp³-hybridized carbons (Fsp3) is 0.567. The lowest BCUT2D eigenvalue weighted by atomic mass is 9.99. The Kier molecular flexibility index (Phi) is 15.6. The number of aromatic nitrogens is 3. The van der Waals surface area contributed by atoms with E-state index in [4.69, 9.17) is 32.8 Å². The van der Waals surface area contributed by atoms with Crippen molar-refractivity contribution in [2.24, 2.45) is 10.9 Å². The number of unbranched alkanes of at least 4 members (excludes halogenated alkanes) is 1. The SMILES string of the molecule is CCCCC(C)CCl.Cc1sc2c(c1C)C(c1ccc(OCCOCCCOSOI)cc1)=NC(C)c1nnc(C)n1-2.